The molecular formula is C23H23NO3. The molecule has 4 nitrogen and oxygen atoms in total. The Labute approximate surface area is 159 Å². The Morgan fingerprint density at radius 3 is 2.00 bits per heavy atom. The number of benzene rings is 3. The van der Waals surface area contributed by atoms with Crippen molar-refractivity contribution in [3.05, 3.63) is 96.1 Å². The molecule has 1 amide bonds. The van der Waals surface area contributed by atoms with Crippen molar-refractivity contribution in [3.63, 3.8) is 0 Å². The summed E-state index contributed by atoms with van der Waals surface area (Å²) in [6, 6.07) is 27.0. The highest BCUT2D eigenvalue weighted by Gasteiger charge is 2.09. The van der Waals surface area contributed by atoms with Crippen molar-refractivity contribution in [2.24, 2.45) is 0 Å². The average molecular weight is 361 g/mol. The second-order valence-electron chi connectivity index (χ2n) is 6.23. The maximum atomic E-state index is 12.1. The van der Waals surface area contributed by atoms with Gasteiger partial charge in [0.15, 0.2) is 6.61 Å². The number of nitrogens with one attached hydrogen (secondary N) is 1. The van der Waals surface area contributed by atoms with Crippen LogP contribution in [0.2, 0.25) is 0 Å². The molecule has 0 bridgehead atoms. The smallest absolute Gasteiger partial charge is 0.258 e. The molecule has 0 spiro atoms. The molecule has 27 heavy (non-hydrogen) atoms. The summed E-state index contributed by atoms with van der Waals surface area (Å²) in [6.45, 7) is 2.44. The van der Waals surface area contributed by atoms with Gasteiger partial charge in [0.05, 0.1) is 6.04 Å². The van der Waals surface area contributed by atoms with Gasteiger partial charge >= 0.3 is 0 Å². The highest BCUT2D eigenvalue weighted by molar-refractivity contribution is 5.78. The largest absolute Gasteiger partial charge is 0.489 e. The summed E-state index contributed by atoms with van der Waals surface area (Å²) in [5.74, 6) is 1.23. The van der Waals surface area contributed by atoms with E-state index < -0.39 is 0 Å². The summed E-state index contributed by atoms with van der Waals surface area (Å²) >= 11 is 0. The predicted octanol–water partition coefficient (Wildman–Crippen LogP) is 4.52. The molecule has 0 saturated heterocycles. The molecule has 0 heterocycles. The lowest BCUT2D eigenvalue weighted by Crippen LogP contribution is -2.31. The van der Waals surface area contributed by atoms with E-state index in [0.717, 1.165) is 16.9 Å². The molecular weight excluding hydrogens is 338 g/mol. The third-order valence-electron chi connectivity index (χ3n) is 4.12. The van der Waals surface area contributed by atoms with Crippen LogP contribution in [-0.4, -0.2) is 12.5 Å². The molecule has 0 aromatic heterocycles. The van der Waals surface area contributed by atoms with Gasteiger partial charge < -0.3 is 14.8 Å². The number of ether oxygens (including phenoxy) is 2. The van der Waals surface area contributed by atoms with E-state index >= 15 is 0 Å². The van der Waals surface area contributed by atoms with Crippen LogP contribution in [0.4, 0.5) is 0 Å². The Morgan fingerprint density at radius 2 is 1.37 bits per heavy atom. The second-order valence-corrected chi connectivity index (χ2v) is 6.23. The van der Waals surface area contributed by atoms with Gasteiger partial charge in [-0.3, -0.25) is 4.79 Å². The van der Waals surface area contributed by atoms with E-state index in [1.165, 1.54) is 0 Å². The minimum atomic E-state index is -0.157. The standard InChI is InChI=1S/C23H23NO3/c1-18(20-10-6-3-7-11-20)24-23(25)17-27-22-14-12-21(13-15-22)26-16-19-8-4-2-5-9-19/h2-15,18H,16-17H2,1H3,(H,24,25). The molecule has 138 valence electrons. The second kappa shape index (κ2) is 9.43. The third-order valence-corrected chi connectivity index (χ3v) is 4.12. The van der Waals surface area contributed by atoms with E-state index in [1.807, 2.05) is 79.7 Å². The van der Waals surface area contributed by atoms with Crippen molar-refractivity contribution in [2.45, 2.75) is 19.6 Å². The first-order chi connectivity index (χ1) is 13.2. The highest BCUT2D eigenvalue weighted by atomic mass is 16.5. The molecule has 0 aliphatic rings. The van der Waals surface area contributed by atoms with Crippen LogP contribution in [0.15, 0.2) is 84.9 Å². The zero-order valence-corrected chi connectivity index (χ0v) is 15.3. The maximum absolute atomic E-state index is 12.1. The van der Waals surface area contributed by atoms with Gasteiger partial charge in [-0.2, -0.15) is 0 Å². The fraction of sp³-hybridized carbons (Fsp3) is 0.174. The number of hydrogen-bond donors (Lipinski definition) is 1. The van der Waals surface area contributed by atoms with Gasteiger partial charge in [-0.25, -0.2) is 0 Å². The molecule has 0 aliphatic heterocycles. The SMILES string of the molecule is CC(NC(=O)COc1ccc(OCc2ccccc2)cc1)c1ccccc1. The lowest BCUT2D eigenvalue weighted by Gasteiger charge is -2.14. The zero-order chi connectivity index (χ0) is 18.9. The molecule has 0 radical (unpaired) electrons. The Balaban J connectivity index is 1.43. The zero-order valence-electron chi connectivity index (χ0n) is 15.3. The molecule has 0 fully saturated rings. The summed E-state index contributed by atoms with van der Waals surface area (Å²) in [6.07, 6.45) is 0. The molecule has 3 aromatic carbocycles. The van der Waals surface area contributed by atoms with E-state index in [0.29, 0.717) is 12.4 Å². The number of hydrogen-bond acceptors (Lipinski definition) is 3. The highest BCUT2D eigenvalue weighted by Crippen LogP contribution is 2.19. The lowest BCUT2D eigenvalue weighted by molar-refractivity contribution is -0.123. The summed E-state index contributed by atoms with van der Waals surface area (Å²) in [5.41, 5.74) is 2.17. The average Bonchev–Trinajstić information content (AvgIpc) is 2.73. The van der Waals surface area contributed by atoms with Crippen molar-refractivity contribution in [1.29, 1.82) is 0 Å². The van der Waals surface area contributed by atoms with Gasteiger partial charge in [-0.15, -0.1) is 0 Å². The summed E-state index contributed by atoms with van der Waals surface area (Å²) in [5, 5.41) is 2.93. The number of rotatable bonds is 8. The van der Waals surface area contributed by atoms with Crippen LogP contribution < -0.4 is 14.8 Å². The number of carbonyl (C=O) groups excluding carboxylic acids is 1. The molecule has 3 rings (SSSR count). The molecule has 0 aliphatic carbocycles. The van der Waals surface area contributed by atoms with Crippen LogP contribution >= 0.6 is 0 Å². The maximum Gasteiger partial charge on any atom is 0.258 e. The fourth-order valence-electron chi connectivity index (χ4n) is 2.63. The van der Waals surface area contributed by atoms with Crippen LogP contribution in [0, 0.1) is 0 Å². The van der Waals surface area contributed by atoms with Crippen molar-refractivity contribution < 1.29 is 14.3 Å². The van der Waals surface area contributed by atoms with Gasteiger partial charge in [0.2, 0.25) is 0 Å². The molecule has 4 heteroatoms. The summed E-state index contributed by atoms with van der Waals surface area (Å²) in [7, 11) is 0. The topological polar surface area (TPSA) is 47.6 Å². The van der Waals surface area contributed by atoms with E-state index in [2.05, 4.69) is 5.32 Å². The normalized spacial score (nSPS) is 11.4. The lowest BCUT2D eigenvalue weighted by atomic mass is 10.1. The first kappa shape index (κ1) is 18.5. The van der Waals surface area contributed by atoms with Crippen LogP contribution in [-0.2, 0) is 11.4 Å². The van der Waals surface area contributed by atoms with E-state index in [4.69, 9.17) is 9.47 Å². The Morgan fingerprint density at radius 1 is 0.815 bits per heavy atom. The van der Waals surface area contributed by atoms with Crippen LogP contribution in [0.25, 0.3) is 0 Å². The van der Waals surface area contributed by atoms with Gasteiger partial charge in [-0.1, -0.05) is 60.7 Å². The van der Waals surface area contributed by atoms with E-state index in [1.54, 1.807) is 12.1 Å². The van der Waals surface area contributed by atoms with Crippen LogP contribution in [0.1, 0.15) is 24.1 Å². The first-order valence-electron chi connectivity index (χ1n) is 8.94. The van der Waals surface area contributed by atoms with E-state index in [9.17, 15) is 4.79 Å². The summed E-state index contributed by atoms with van der Waals surface area (Å²) < 4.78 is 11.3. The third kappa shape index (κ3) is 5.89. The van der Waals surface area contributed by atoms with Crippen molar-refractivity contribution in [3.8, 4) is 11.5 Å². The monoisotopic (exact) mass is 361 g/mol. The molecule has 1 N–H and O–H groups in total. The quantitative estimate of drug-likeness (QED) is 0.642. The molecule has 3 aromatic rings. The van der Waals surface area contributed by atoms with Gasteiger partial charge in [0.1, 0.15) is 18.1 Å². The van der Waals surface area contributed by atoms with Gasteiger partial charge in [0.25, 0.3) is 5.91 Å². The van der Waals surface area contributed by atoms with Gasteiger partial charge in [0, 0.05) is 0 Å². The predicted molar refractivity (Wildman–Crippen MR) is 106 cm³/mol. The Bertz CT molecular complexity index is 833. The van der Waals surface area contributed by atoms with E-state index in [-0.39, 0.29) is 18.6 Å². The van der Waals surface area contributed by atoms with Gasteiger partial charge in [-0.05, 0) is 42.3 Å². The summed E-state index contributed by atoms with van der Waals surface area (Å²) in [4.78, 5) is 12.1. The van der Waals surface area contributed by atoms with Crippen molar-refractivity contribution in [2.75, 3.05) is 6.61 Å². The Hall–Kier alpha value is -3.27. The van der Waals surface area contributed by atoms with Crippen molar-refractivity contribution >= 4 is 5.91 Å². The fourth-order valence-corrected chi connectivity index (χ4v) is 2.63. The van der Waals surface area contributed by atoms with Crippen LogP contribution in [0.5, 0.6) is 11.5 Å². The van der Waals surface area contributed by atoms with Crippen molar-refractivity contribution in [1.82, 2.24) is 5.32 Å². The molecule has 1 atom stereocenters. The Kier molecular flexibility index (Phi) is 6.47. The van der Waals surface area contributed by atoms with Crippen LogP contribution in [0.3, 0.4) is 0 Å². The first-order valence-corrected chi connectivity index (χ1v) is 8.94. The molecule has 0 saturated carbocycles. The number of carbonyl (C=O) groups is 1. The minimum absolute atomic E-state index is 0.0264. The molecule has 1 unspecified atom stereocenters. The number of amides is 1. The minimum Gasteiger partial charge on any atom is -0.489 e.